The number of methoxy groups -OCH3 is 2. The van der Waals surface area contributed by atoms with E-state index < -0.39 is 12.0 Å². The normalized spacial score (nSPS) is 15.2. The molecule has 2 aromatic carbocycles. The third-order valence-electron chi connectivity index (χ3n) is 4.86. The van der Waals surface area contributed by atoms with Crippen LogP contribution in [-0.4, -0.2) is 40.4 Å². The summed E-state index contributed by atoms with van der Waals surface area (Å²) in [6, 6.07) is 14.8. The minimum atomic E-state index is -0.569. The molecular formula is C21H21N5O4. The second kappa shape index (κ2) is 8.24. The van der Waals surface area contributed by atoms with E-state index in [1.54, 1.807) is 18.7 Å². The molecule has 0 saturated heterocycles. The van der Waals surface area contributed by atoms with E-state index in [1.165, 1.54) is 7.11 Å². The molecule has 0 aliphatic carbocycles. The maximum absolute atomic E-state index is 12.5. The topological polar surface area (TPSA) is 100 Å². The summed E-state index contributed by atoms with van der Waals surface area (Å²) in [6.07, 6.45) is 0. The summed E-state index contributed by atoms with van der Waals surface area (Å²) in [5.41, 5.74) is 2.84. The van der Waals surface area contributed by atoms with Gasteiger partial charge in [-0.25, -0.2) is 4.79 Å². The fraction of sp³-hybridized carbons (Fsp3) is 0.238. The van der Waals surface area contributed by atoms with Crippen molar-refractivity contribution in [3.8, 4) is 11.5 Å². The van der Waals surface area contributed by atoms with Crippen LogP contribution in [0.2, 0.25) is 0 Å². The third kappa shape index (κ3) is 3.57. The molecule has 9 heteroatoms. The zero-order valence-corrected chi connectivity index (χ0v) is 16.8. The number of esters is 1. The van der Waals surface area contributed by atoms with Crippen molar-refractivity contribution in [2.24, 2.45) is 0 Å². The van der Waals surface area contributed by atoms with Gasteiger partial charge in [0, 0.05) is 5.70 Å². The van der Waals surface area contributed by atoms with E-state index in [1.807, 2.05) is 48.5 Å². The molecular weight excluding hydrogens is 386 g/mol. The number of anilines is 1. The first-order valence-corrected chi connectivity index (χ1v) is 9.31. The number of rotatable bonds is 6. The summed E-state index contributed by atoms with van der Waals surface area (Å²) >= 11 is 0. The van der Waals surface area contributed by atoms with Crippen molar-refractivity contribution in [2.45, 2.75) is 19.6 Å². The van der Waals surface area contributed by atoms with Gasteiger partial charge >= 0.3 is 5.97 Å². The predicted octanol–water partition coefficient (Wildman–Crippen LogP) is 2.72. The summed E-state index contributed by atoms with van der Waals surface area (Å²) in [4.78, 5) is 12.5. The molecule has 3 aromatic rings. The van der Waals surface area contributed by atoms with Crippen molar-refractivity contribution in [1.29, 1.82) is 0 Å². The minimum absolute atomic E-state index is 0.410. The van der Waals surface area contributed by atoms with Gasteiger partial charge in [0.2, 0.25) is 5.95 Å². The molecule has 154 valence electrons. The molecule has 30 heavy (non-hydrogen) atoms. The number of nitrogens with one attached hydrogen (secondary N) is 1. The van der Waals surface area contributed by atoms with Gasteiger partial charge in [0.1, 0.15) is 12.6 Å². The van der Waals surface area contributed by atoms with Crippen LogP contribution in [0.3, 0.4) is 0 Å². The molecule has 9 nitrogen and oxygen atoms in total. The van der Waals surface area contributed by atoms with E-state index in [-0.39, 0.29) is 0 Å². The quantitative estimate of drug-likeness (QED) is 0.623. The number of carbonyl (C=O) groups excluding carboxylic acids is 1. The fourth-order valence-electron chi connectivity index (χ4n) is 3.40. The Bertz CT molecular complexity index is 1090. The van der Waals surface area contributed by atoms with Crippen molar-refractivity contribution >= 4 is 11.9 Å². The molecule has 0 radical (unpaired) electrons. The summed E-state index contributed by atoms with van der Waals surface area (Å²) in [5, 5.41) is 14.8. The molecule has 1 aromatic heterocycles. The number of allylic oxidation sites excluding steroid dienone is 1. The van der Waals surface area contributed by atoms with Crippen LogP contribution in [0.4, 0.5) is 5.95 Å². The maximum atomic E-state index is 12.5. The predicted molar refractivity (Wildman–Crippen MR) is 108 cm³/mol. The Balaban J connectivity index is 1.70. The number of hydrogen-bond acceptors (Lipinski definition) is 8. The van der Waals surface area contributed by atoms with Crippen LogP contribution in [0.25, 0.3) is 0 Å². The number of ether oxygens (including phenoxy) is 3. The molecule has 1 atom stereocenters. The van der Waals surface area contributed by atoms with Crippen molar-refractivity contribution < 1.29 is 19.0 Å². The van der Waals surface area contributed by atoms with Crippen molar-refractivity contribution in [2.75, 3.05) is 19.5 Å². The van der Waals surface area contributed by atoms with E-state index in [2.05, 4.69) is 20.8 Å². The summed E-state index contributed by atoms with van der Waals surface area (Å²) in [6.45, 7) is 2.19. The fourth-order valence-corrected chi connectivity index (χ4v) is 3.40. The van der Waals surface area contributed by atoms with Crippen LogP contribution in [0, 0.1) is 0 Å². The van der Waals surface area contributed by atoms with Gasteiger partial charge in [0.15, 0.2) is 11.5 Å². The van der Waals surface area contributed by atoms with Gasteiger partial charge in [-0.1, -0.05) is 41.5 Å². The molecule has 0 unspecified atom stereocenters. The van der Waals surface area contributed by atoms with E-state index in [0.29, 0.717) is 35.3 Å². The van der Waals surface area contributed by atoms with Crippen LogP contribution in [0.1, 0.15) is 24.1 Å². The van der Waals surface area contributed by atoms with Gasteiger partial charge < -0.3 is 19.5 Å². The summed E-state index contributed by atoms with van der Waals surface area (Å²) in [5.74, 6) is 1.11. The Kier molecular flexibility index (Phi) is 5.34. The lowest BCUT2D eigenvalue weighted by atomic mass is 9.95. The molecule has 1 aliphatic rings. The number of fused-ring (bicyclic) bond motifs is 1. The number of benzene rings is 2. The number of tetrazole rings is 1. The van der Waals surface area contributed by atoms with Gasteiger partial charge in [-0.15, -0.1) is 0 Å². The van der Waals surface area contributed by atoms with E-state index in [0.717, 1.165) is 11.1 Å². The Morgan fingerprint density at radius 1 is 1.13 bits per heavy atom. The minimum Gasteiger partial charge on any atom is -0.493 e. The molecule has 0 fully saturated rings. The van der Waals surface area contributed by atoms with Crippen LogP contribution in [0.15, 0.2) is 59.8 Å². The van der Waals surface area contributed by atoms with Gasteiger partial charge in [-0.05, 0) is 40.6 Å². The summed E-state index contributed by atoms with van der Waals surface area (Å²) in [7, 11) is 2.91. The Labute approximate surface area is 173 Å². The summed E-state index contributed by atoms with van der Waals surface area (Å²) < 4.78 is 18.0. The van der Waals surface area contributed by atoms with E-state index in [4.69, 9.17) is 14.2 Å². The number of nitrogens with zero attached hydrogens (tertiary/aromatic N) is 4. The second-order valence-electron chi connectivity index (χ2n) is 6.69. The van der Waals surface area contributed by atoms with Gasteiger partial charge in [0.05, 0.1) is 19.8 Å². The first-order chi connectivity index (χ1) is 14.6. The van der Waals surface area contributed by atoms with Crippen molar-refractivity contribution in [1.82, 2.24) is 20.2 Å². The van der Waals surface area contributed by atoms with Gasteiger partial charge in [-0.2, -0.15) is 4.68 Å². The molecule has 2 heterocycles. The van der Waals surface area contributed by atoms with E-state index in [9.17, 15) is 4.79 Å². The molecule has 4 rings (SSSR count). The second-order valence-corrected chi connectivity index (χ2v) is 6.69. The molecule has 1 N–H and O–H groups in total. The lowest BCUT2D eigenvalue weighted by Gasteiger charge is -2.27. The van der Waals surface area contributed by atoms with Crippen molar-refractivity contribution in [3.63, 3.8) is 0 Å². The lowest BCUT2D eigenvalue weighted by Crippen LogP contribution is -2.29. The largest absolute Gasteiger partial charge is 0.493 e. The van der Waals surface area contributed by atoms with Crippen LogP contribution in [0.5, 0.6) is 11.5 Å². The molecule has 1 aliphatic heterocycles. The first-order valence-electron chi connectivity index (χ1n) is 9.31. The van der Waals surface area contributed by atoms with Crippen LogP contribution >= 0.6 is 0 Å². The highest BCUT2D eigenvalue weighted by Crippen LogP contribution is 2.38. The van der Waals surface area contributed by atoms with E-state index >= 15 is 0 Å². The molecule has 0 bridgehead atoms. The molecule has 0 amide bonds. The molecule has 0 spiro atoms. The highest BCUT2D eigenvalue weighted by molar-refractivity contribution is 5.92. The Morgan fingerprint density at radius 3 is 2.67 bits per heavy atom. The number of carbonyl (C=O) groups is 1. The smallest absolute Gasteiger partial charge is 0.338 e. The first kappa shape index (κ1) is 19.4. The zero-order chi connectivity index (χ0) is 21.1. The Morgan fingerprint density at radius 2 is 1.93 bits per heavy atom. The van der Waals surface area contributed by atoms with Crippen LogP contribution < -0.4 is 14.8 Å². The maximum Gasteiger partial charge on any atom is 0.338 e. The monoisotopic (exact) mass is 407 g/mol. The van der Waals surface area contributed by atoms with Gasteiger partial charge in [-0.3, -0.25) is 0 Å². The number of hydrogen-bond donors (Lipinski definition) is 1. The Hall–Kier alpha value is -3.88. The highest BCUT2D eigenvalue weighted by atomic mass is 16.5. The SMILES string of the molecule is COC(=O)C1=C(C)Nc2nnnn2[C@H]1c1ccc(OCc2ccccc2)c(OC)c1. The van der Waals surface area contributed by atoms with Crippen molar-refractivity contribution in [3.05, 3.63) is 70.9 Å². The average molecular weight is 407 g/mol. The zero-order valence-electron chi connectivity index (χ0n) is 16.8. The average Bonchev–Trinajstić information content (AvgIpc) is 3.24. The lowest BCUT2D eigenvalue weighted by molar-refractivity contribution is -0.136. The van der Waals surface area contributed by atoms with Gasteiger partial charge in [0.25, 0.3) is 0 Å². The number of aromatic nitrogens is 4. The van der Waals surface area contributed by atoms with Crippen LogP contribution in [-0.2, 0) is 16.1 Å². The standard InChI is InChI=1S/C21H21N5O4/c1-13-18(20(27)29-3)19(26-21(22-13)23-24-25-26)15-9-10-16(17(11-15)28-2)30-12-14-7-5-4-6-8-14/h4-11,19H,12H2,1-3H3,(H,22,23,25)/t19-/m0/s1. The highest BCUT2D eigenvalue weighted by Gasteiger charge is 2.35. The molecule has 0 saturated carbocycles. The third-order valence-corrected chi connectivity index (χ3v) is 4.86.